The van der Waals surface area contributed by atoms with Crippen molar-refractivity contribution in [3.05, 3.63) is 33.9 Å². The highest BCUT2D eigenvalue weighted by molar-refractivity contribution is 6.31. The summed E-state index contributed by atoms with van der Waals surface area (Å²) in [5.41, 5.74) is 3.83. The number of nitrogens with one attached hydrogen (secondary N) is 1. The number of aromatic nitrogens is 4. The van der Waals surface area contributed by atoms with Crippen LogP contribution in [-0.2, 0) is 24.9 Å². The molecule has 2 heterocycles. The van der Waals surface area contributed by atoms with Crippen LogP contribution < -0.4 is 5.32 Å². The highest BCUT2D eigenvalue weighted by Gasteiger charge is 2.12. The molecule has 0 atom stereocenters. The Morgan fingerprint density at radius 2 is 2.05 bits per heavy atom. The molecule has 0 radical (unpaired) electrons. The molecule has 7 heteroatoms. The molecule has 0 saturated carbocycles. The standard InChI is InChI=1S/C13H18ClN5O/c1-8-11(9(2)18(4)17-8)5-15-13(20)7-19-10(3)12(14)6-16-19/h6H,5,7H2,1-4H3,(H,15,20). The van der Waals surface area contributed by atoms with Crippen LogP contribution in [0, 0.1) is 20.8 Å². The molecule has 20 heavy (non-hydrogen) atoms. The maximum Gasteiger partial charge on any atom is 0.242 e. The number of rotatable bonds is 4. The van der Waals surface area contributed by atoms with E-state index in [1.807, 2.05) is 32.5 Å². The third-order valence-electron chi connectivity index (χ3n) is 3.46. The van der Waals surface area contributed by atoms with Gasteiger partial charge in [0.1, 0.15) is 6.54 Å². The summed E-state index contributed by atoms with van der Waals surface area (Å²) >= 11 is 5.90. The average molecular weight is 296 g/mol. The summed E-state index contributed by atoms with van der Waals surface area (Å²) in [5.74, 6) is -0.101. The minimum absolute atomic E-state index is 0.101. The lowest BCUT2D eigenvalue weighted by Gasteiger charge is -2.07. The van der Waals surface area contributed by atoms with Gasteiger partial charge in [-0.3, -0.25) is 14.2 Å². The fraction of sp³-hybridized carbons (Fsp3) is 0.462. The van der Waals surface area contributed by atoms with E-state index in [1.54, 1.807) is 10.9 Å². The van der Waals surface area contributed by atoms with Crippen molar-refractivity contribution in [3.8, 4) is 0 Å². The molecule has 108 valence electrons. The maximum absolute atomic E-state index is 11.9. The molecule has 2 aromatic heterocycles. The molecule has 0 fully saturated rings. The second kappa shape index (κ2) is 5.66. The number of aryl methyl sites for hydroxylation is 2. The van der Waals surface area contributed by atoms with Crippen molar-refractivity contribution in [2.45, 2.75) is 33.9 Å². The summed E-state index contributed by atoms with van der Waals surface area (Å²) < 4.78 is 3.40. The van der Waals surface area contributed by atoms with Crippen LogP contribution in [0.25, 0.3) is 0 Å². The number of carbonyl (C=O) groups is 1. The van der Waals surface area contributed by atoms with Crippen molar-refractivity contribution >= 4 is 17.5 Å². The van der Waals surface area contributed by atoms with Crippen molar-refractivity contribution in [2.75, 3.05) is 0 Å². The van der Waals surface area contributed by atoms with E-state index >= 15 is 0 Å². The predicted octanol–water partition coefficient (Wildman–Crippen LogP) is 1.51. The lowest BCUT2D eigenvalue weighted by Crippen LogP contribution is -2.28. The fourth-order valence-electron chi connectivity index (χ4n) is 2.04. The lowest BCUT2D eigenvalue weighted by atomic mass is 10.2. The van der Waals surface area contributed by atoms with Crippen LogP contribution in [0.1, 0.15) is 22.6 Å². The van der Waals surface area contributed by atoms with Gasteiger partial charge in [0.05, 0.1) is 22.6 Å². The summed E-state index contributed by atoms with van der Waals surface area (Å²) in [7, 11) is 1.89. The first-order valence-electron chi connectivity index (χ1n) is 6.33. The van der Waals surface area contributed by atoms with Gasteiger partial charge in [0, 0.05) is 24.8 Å². The smallest absolute Gasteiger partial charge is 0.242 e. The Labute approximate surface area is 122 Å². The second-order valence-electron chi connectivity index (χ2n) is 4.79. The quantitative estimate of drug-likeness (QED) is 0.930. The summed E-state index contributed by atoms with van der Waals surface area (Å²) in [6.07, 6.45) is 1.54. The van der Waals surface area contributed by atoms with Gasteiger partial charge in [0.2, 0.25) is 5.91 Å². The molecular formula is C13H18ClN5O. The molecule has 0 unspecified atom stereocenters. The molecule has 0 saturated heterocycles. The van der Waals surface area contributed by atoms with Crippen molar-refractivity contribution in [3.63, 3.8) is 0 Å². The van der Waals surface area contributed by atoms with Crippen molar-refractivity contribution in [1.82, 2.24) is 24.9 Å². The van der Waals surface area contributed by atoms with Gasteiger partial charge < -0.3 is 5.32 Å². The monoisotopic (exact) mass is 295 g/mol. The average Bonchev–Trinajstić information content (AvgIpc) is 2.82. The summed E-state index contributed by atoms with van der Waals surface area (Å²) in [4.78, 5) is 11.9. The fourth-order valence-corrected chi connectivity index (χ4v) is 2.18. The zero-order chi connectivity index (χ0) is 14.9. The zero-order valence-electron chi connectivity index (χ0n) is 12.1. The zero-order valence-corrected chi connectivity index (χ0v) is 12.8. The van der Waals surface area contributed by atoms with Crippen LogP contribution in [0.2, 0.25) is 5.02 Å². The minimum Gasteiger partial charge on any atom is -0.350 e. The van der Waals surface area contributed by atoms with E-state index in [9.17, 15) is 4.79 Å². The van der Waals surface area contributed by atoms with Crippen LogP contribution >= 0.6 is 11.6 Å². The van der Waals surface area contributed by atoms with E-state index in [1.165, 1.54) is 0 Å². The van der Waals surface area contributed by atoms with Crippen molar-refractivity contribution in [1.29, 1.82) is 0 Å². The summed E-state index contributed by atoms with van der Waals surface area (Å²) in [6, 6.07) is 0. The first-order chi connectivity index (χ1) is 9.40. The highest BCUT2D eigenvalue weighted by Crippen LogP contribution is 2.13. The number of hydrogen-bond donors (Lipinski definition) is 1. The Hall–Kier alpha value is -1.82. The SMILES string of the molecule is Cc1nn(C)c(C)c1CNC(=O)Cn1ncc(Cl)c1C. The van der Waals surface area contributed by atoms with Gasteiger partial charge in [0.25, 0.3) is 0 Å². The van der Waals surface area contributed by atoms with Crippen LogP contribution in [0.15, 0.2) is 6.20 Å². The largest absolute Gasteiger partial charge is 0.350 e. The second-order valence-corrected chi connectivity index (χ2v) is 5.19. The molecule has 0 aromatic carbocycles. The van der Waals surface area contributed by atoms with Gasteiger partial charge in [-0.1, -0.05) is 11.6 Å². The Morgan fingerprint density at radius 1 is 1.35 bits per heavy atom. The first kappa shape index (κ1) is 14.6. The topological polar surface area (TPSA) is 64.7 Å². The van der Waals surface area contributed by atoms with Crippen LogP contribution in [0.4, 0.5) is 0 Å². The van der Waals surface area contributed by atoms with E-state index in [0.717, 1.165) is 22.6 Å². The van der Waals surface area contributed by atoms with Crippen LogP contribution in [0.5, 0.6) is 0 Å². The van der Waals surface area contributed by atoms with Crippen LogP contribution in [-0.4, -0.2) is 25.5 Å². The highest BCUT2D eigenvalue weighted by atomic mass is 35.5. The molecule has 0 bridgehead atoms. The molecule has 0 aliphatic carbocycles. The molecule has 2 aromatic rings. The van der Waals surface area contributed by atoms with Gasteiger partial charge in [-0.25, -0.2) is 0 Å². The number of halogens is 1. The third-order valence-corrected chi connectivity index (χ3v) is 3.83. The van der Waals surface area contributed by atoms with E-state index in [4.69, 9.17) is 11.6 Å². The molecule has 1 N–H and O–H groups in total. The van der Waals surface area contributed by atoms with Gasteiger partial charge in [-0.15, -0.1) is 0 Å². The number of amides is 1. The normalized spacial score (nSPS) is 10.8. The Kier molecular flexibility index (Phi) is 4.13. The molecule has 2 rings (SSSR count). The Bertz CT molecular complexity index is 643. The number of carbonyl (C=O) groups excluding carboxylic acids is 1. The van der Waals surface area contributed by atoms with Crippen molar-refractivity contribution < 1.29 is 4.79 Å². The lowest BCUT2D eigenvalue weighted by molar-refractivity contribution is -0.122. The number of hydrogen-bond acceptors (Lipinski definition) is 3. The van der Waals surface area contributed by atoms with Crippen molar-refractivity contribution in [2.24, 2.45) is 7.05 Å². The molecule has 0 aliphatic rings. The maximum atomic E-state index is 11.9. The molecule has 6 nitrogen and oxygen atoms in total. The van der Waals surface area contributed by atoms with E-state index in [-0.39, 0.29) is 12.5 Å². The summed E-state index contributed by atoms with van der Waals surface area (Å²) in [5, 5.41) is 11.8. The Balaban J connectivity index is 1.97. The number of nitrogens with zero attached hydrogens (tertiary/aromatic N) is 4. The van der Waals surface area contributed by atoms with Gasteiger partial charge >= 0.3 is 0 Å². The van der Waals surface area contributed by atoms with Gasteiger partial charge in [-0.05, 0) is 20.8 Å². The third kappa shape index (κ3) is 2.85. The minimum atomic E-state index is -0.101. The first-order valence-corrected chi connectivity index (χ1v) is 6.71. The molecule has 0 spiro atoms. The van der Waals surface area contributed by atoms with E-state index < -0.39 is 0 Å². The molecule has 1 amide bonds. The summed E-state index contributed by atoms with van der Waals surface area (Å²) in [6.45, 7) is 6.39. The van der Waals surface area contributed by atoms with Gasteiger partial charge in [0.15, 0.2) is 0 Å². The van der Waals surface area contributed by atoms with E-state index in [2.05, 4.69) is 15.5 Å². The Morgan fingerprint density at radius 3 is 2.55 bits per heavy atom. The predicted molar refractivity (Wildman–Crippen MR) is 76.5 cm³/mol. The van der Waals surface area contributed by atoms with Gasteiger partial charge in [-0.2, -0.15) is 10.2 Å². The van der Waals surface area contributed by atoms with E-state index in [0.29, 0.717) is 11.6 Å². The van der Waals surface area contributed by atoms with Crippen LogP contribution in [0.3, 0.4) is 0 Å². The molecular weight excluding hydrogens is 278 g/mol. The molecule has 0 aliphatic heterocycles.